The van der Waals surface area contributed by atoms with E-state index in [2.05, 4.69) is 5.32 Å². The third kappa shape index (κ3) is 3.44. The summed E-state index contributed by atoms with van der Waals surface area (Å²) in [7, 11) is 1.49. The molecule has 1 heterocycles. The second-order valence-corrected chi connectivity index (χ2v) is 5.89. The van der Waals surface area contributed by atoms with Crippen molar-refractivity contribution in [3.8, 4) is 17.2 Å². The highest BCUT2D eigenvalue weighted by molar-refractivity contribution is 6.46. The molecule has 1 amide bonds. The van der Waals surface area contributed by atoms with Crippen LogP contribution in [0.5, 0.6) is 17.2 Å². The van der Waals surface area contributed by atoms with E-state index in [9.17, 15) is 19.8 Å². The highest BCUT2D eigenvalue weighted by atomic mass is 16.5. The maximum atomic E-state index is 12.4. The number of hydrogen-bond donors (Lipinski definition) is 3. The van der Waals surface area contributed by atoms with Crippen molar-refractivity contribution in [2.75, 3.05) is 13.7 Å². The van der Waals surface area contributed by atoms with Crippen molar-refractivity contribution in [1.29, 1.82) is 0 Å². The first-order valence-corrected chi connectivity index (χ1v) is 8.34. The second-order valence-electron chi connectivity index (χ2n) is 5.89. The van der Waals surface area contributed by atoms with Gasteiger partial charge in [-0.05, 0) is 36.8 Å². The van der Waals surface area contributed by atoms with Crippen LogP contribution in [0.3, 0.4) is 0 Å². The van der Waals surface area contributed by atoms with Crippen LogP contribution in [0.25, 0.3) is 5.76 Å². The van der Waals surface area contributed by atoms with Gasteiger partial charge >= 0.3 is 0 Å². The number of aliphatic hydroxyl groups is 1. The predicted octanol–water partition coefficient (Wildman–Crippen LogP) is 2.51. The van der Waals surface area contributed by atoms with E-state index in [0.29, 0.717) is 23.5 Å². The summed E-state index contributed by atoms with van der Waals surface area (Å²) in [5, 5.41) is 23.2. The van der Waals surface area contributed by atoms with Crippen molar-refractivity contribution in [2.45, 2.75) is 13.0 Å². The number of carbonyl (C=O) groups is 2. The Hall–Kier alpha value is -3.48. The van der Waals surface area contributed by atoms with Gasteiger partial charge in [0.2, 0.25) is 0 Å². The van der Waals surface area contributed by atoms with Crippen LogP contribution in [0.1, 0.15) is 24.1 Å². The average molecular weight is 369 g/mol. The number of ether oxygens (including phenoxy) is 2. The first-order valence-electron chi connectivity index (χ1n) is 8.34. The van der Waals surface area contributed by atoms with Crippen LogP contribution in [-0.4, -0.2) is 35.6 Å². The Morgan fingerprint density at radius 3 is 2.67 bits per heavy atom. The maximum Gasteiger partial charge on any atom is 0.293 e. The number of amides is 1. The molecule has 1 fully saturated rings. The van der Waals surface area contributed by atoms with Gasteiger partial charge in [-0.1, -0.05) is 18.2 Å². The Labute approximate surface area is 155 Å². The molecule has 0 spiro atoms. The van der Waals surface area contributed by atoms with Crippen LogP contribution in [-0.2, 0) is 9.59 Å². The number of hydrogen-bond acceptors (Lipinski definition) is 6. The number of aliphatic hydroxyl groups excluding tert-OH is 1. The predicted molar refractivity (Wildman–Crippen MR) is 97.7 cm³/mol. The molecule has 1 saturated heterocycles. The first-order chi connectivity index (χ1) is 13.0. The molecule has 0 aromatic heterocycles. The van der Waals surface area contributed by atoms with Crippen molar-refractivity contribution in [3.05, 3.63) is 59.2 Å². The highest BCUT2D eigenvalue weighted by Crippen LogP contribution is 2.37. The minimum absolute atomic E-state index is 0.0567. The Bertz CT molecular complexity index is 934. The van der Waals surface area contributed by atoms with Crippen molar-refractivity contribution < 1.29 is 29.3 Å². The molecule has 3 rings (SSSR count). The van der Waals surface area contributed by atoms with Gasteiger partial charge in [0.15, 0.2) is 11.5 Å². The van der Waals surface area contributed by atoms with Crippen LogP contribution in [0.15, 0.2) is 48.0 Å². The summed E-state index contributed by atoms with van der Waals surface area (Å²) in [6.07, 6.45) is 0. The summed E-state index contributed by atoms with van der Waals surface area (Å²) >= 11 is 0. The van der Waals surface area contributed by atoms with Crippen LogP contribution >= 0.6 is 0 Å². The average Bonchev–Trinajstić information content (AvgIpc) is 2.98. The van der Waals surface area contributed by atoms with Crippen molar-refractivity contribution >= 4 is 17.4 Å². The van der Waals surface area contributed by atoms with Crippen LogP contribution in [0.4, 0.5) is 0 Å². The van der Waals surface area contributed by atoms with Crippen molar-refractivity contribution in [3.63, 3.8) is 0 Å². The number of phenols is 1. The zero-order chi connectivity index (χ0) is 19.6. The molecule has 140 valence electrons. The molecule has 1 aliphatic heterocycles. The summed E-state index contributed by atoms with van der Waals surface area (Å²) < 4.78 is 10.5. The van der Waals surface area contributed by atoms with Crippen LogP contribution < -0.4 is 14.8 Å². The molecule has 0 bridgehead atoms. The summed E-state index contributed by atoms with van der Waals surface area (Å²) in [5.74, 6) is -1.26. The van der Waals surface area contributed by atoms with Gasteiger partial charge in [0.25, 0.3) is 11.7 Å². The van der Waals surface area contributed by atoms with E-state index in [1.807, 2.05) is 0 Å². The third-order valence-corrected chi connectivity index (χ3v) is 4.23. The van der Waals surface area contributed by atoms with E-state index < -0.39 is 17.7 Å². The standard InChI is InChI=1S/C20H19NO6/c1-3-27-15-10-11(7-8-14(15)22)17-16(19(24)20(25)21-17)18(23)12-5-4-6-13(9-12)26-2/h4-10,17,22-23H,3H2,1-2H3,(H,21,25)/b18-16+. The van der Waals surface area contributed by atoms with Gasteiger partial charge in [-0.25, -0.2) is 0 Å². The van der Waals surface area contributed by atoms with E-state index in [1.165, 1.54) is 19.2 Å². The highest BCUT2D eigenvalue weighted by Gasteiger charge is 2.39. The smallest absolute Gasteiger partial charge is 0.293 e. The summed E-state index contributed by atoms with van der Waals surface area (Å²) in [5.41, 5.74) is 0.782. The lowest BCUT2D eigenvalue weighted by Gasteiger charge is -2.16. The first kappa shape index (κ1) is 18.3. The zero-order valence-electron chi connectivity index (χ0n) is 14.9. The quantitative estimate of drug-likeness (QED) is 0.425. The monoisotopic (exact) mass is 369 g/mol. The summed E-state index contributed by atoms with van der Waals surface area (Å²) in [6, 6.07) is 10.2. The van der Waals surface area contributed by atoms with Crippen molar-refractivity contribution in [2.24, 2.45) is 0 Å². The number of Topliss-reactive ketones (excluding diaryl/α,β-unsaturated/α-hetero) is 1. The number of methoxy groups -OCH3 is 1. The van der Waals surface area contributed by atoms with E-state index in [-0.39, 0.29) is 22.8 Å². The van der Waals surface area contributed by atoms with E-state index >= 15 is 0 Å². The van der Waals surface area contributed by atoms with Gasteiger partial charge in [0.1, 0.15) is 11.5 Å². The summed E-state index contributed by atoms with van der Waals surface area (Å²) in [4.78, 5) is 24.4. The van der Waals surface area contributed by atoms with Crippen molar-refractivity contribution in [1.82, 2.24) is 5.32 Å². The Morgan fingerprint density at radius 2 is 1.96 bits per heavy atom. The third-order valence-electron chi connectivity index (χ3n) is 4.23. The van der Waals surface area contributed by atoms with Gasteiger partial charge in [0.05, 0.1) is 25.3 Å². The molecule has 27 heavy (non-hydrogen) atoms. The molecule has 0 aliphatic carbocycles. The second kappa shape index (κ2) is 7.41. The van der Waals surface area contributed by atoms with E-state index in [1.54, 1.807) is 37.3 Å². The molecule has 2 aromatic rings. The van der Waals surface area contributed by atoms with Gasteiger partial charge in [-0.3, -0.25) is 9.59 Å². The molecule has 2 aromatic carbocycles. The largest absolute Gasteiger partial charge is 0.507 e. The molecular formula is C20H19NO6. The molecule has 7 heteroatoms. The Balaban J connectivity index is 2.10. The SMILES string of the molecule is CCOc1cc(C2NC(=O)C(=O)/C2=C(/O)c2cccc(OC)c2)ccc1O. The fourth-order valence-electron chi connectivity index (χ4n) is 2.92. The number of nitrogens with one attached hydrogen (secondary N) is 1. The molecule has 1 atom stereocenters. The molecule has 1 unspecified atom stereocenters. The fraction of sp³-hybridized carbons (Fsp3) is 0.200. The van der Waals surface area contributed by atoms with Gasteiger partial charge in [0, 0.05) is 5.56 Å². The minimum Gasteiger partial charge on any atom is -0.507 e. The minimum atomic E-state index is -0.865. The fourth-order valence-corrected chi connectivity index (χ4v) is 2.92. The maximum absolute atomic E-state index is 12.4. The van der Waals surface area contributed by atoms with Crippen LogP contribution in [0, 0.1) is 0 Å². The molecule has 1 aliphatic rings. The Kier molecular flexibility index (Phi) is 5.03. The molecule has 0 radical (unpaired) electrons. The van der Waals surface area contributed by atoms with Gasteiger partial charge < -0.3 is 25.0 Å². The number of benzene rings is 2. The molecular weight excluding hydrogens is 350 g/mol. The van der Waals surface area contributed by atoms with E-state index in [4.69, 9.17) is 9.47 Å². The number of phenolic OH excluding ortho intramolecular Hbond substituents is 1. The lowest BCUT2D eigenvalue weighted by Crippen LogP contribution is -2.21. The lowest BCUT2D eigenvalue weighted by atomic mass is 9.95. The number of ketones is 1. The number of rotatable bonds is 5. The Morgan fingerprint density at radius 1 is 1.19 bits per heavy atom. The number of aromatic hydroxyl groups is 1. The zero-order valence-corrected chi connectivity index (χ0v) is 14.9. The van der Waals surface area contributed by atoms with Crippen LogP contribution in [0.2, 0.25) is 0 Å². The lowest BCUT2D eigenvalue weighted by molar-refractivity contribution is -0.133. The van der Waals surface area contributed by atoms with Gasteiger partial charge in [-0.2, -0.15) is 0 Å². The normalized spacial score (nSPS) is 18.2. The molecule has 0 saturated carbocycles. The topological polar surface area (TPSA) is 105 Å². The van der Waals surface area contributed by atoms with Gasteiger partial charge in [-0.15, -0.1) is 0 Å². The number of carbonyl (C=O) groups excluding carboxylic acids is 2. The molecule has 3 N–H and O–H groups in total. The molecule has 7 nitrogen and oxygen atoms in total. The summed E-state index contributed by atoms with van der Waals surface area (Å²) in [6.45, 7) is 2.11. The van der Waals surface area contributed by atoms with E-state index in [0.717, 1.165) is 0 Å².